The zero-order valence-corrected chi connectivity index (χ0v) is 15.1. The number of anilines is 1. The van der Waals surface area contributed by atoms with E-state index in [2.05, 4.69) is 5.32 Å². The summed E-state index contributed by atoms with van der Waals surface area (Å²) in [5.41, 5.74) is 1.23. The van der Waals surface area contributed by atoms with Crippen molar-refractivity contribution in [1.29, 1.82) is 0 Å². The van der Waals surface area contributed by atoms with Gasteiger partial charge < -0.3 is 10.2 Å². The van der Waals surface area contributed by atoms with Gasteiger partial charge in [-0.15, -0.1) is 0 Å². The van der Waals surface area contributed by atoms with Crippen LogP contribution < -0.4 is 5.32 Å². The van der Waals surface area contributed by atoms with Crippen LogP contribution in [0.2, 0.25) is 10.0 Å². The van der Waals surface area contributed by atoms with Gasteiger partial charge in [0.05, 0.1) is 10.7 Å². The molecule has 0 radical (unpaired) electrons. The molecule has 0 spiro atoms. The third-order valence-electron chi connectivity index (χ3n) is 4.38. The summed E-state index contributed by atoms with van der Waals surface area (Å²) in [4.78, 5) is 26.7. The van der Waals surface area contributed by atoms with Gasteiger partial charge in [-0.2, -0.15) is 0 Å². The minimum absolute atomic E-state index is 0.0263. The van der Waals surface area contributed by atoms with Crippen molar-refractivity contribution in [2.45, 2.75) is 12.8 Å². The monoisotopic (exact) mass is 376 g/mol. The number of nitrogens with zero attached hydrogens (tertiary/aromatic N) is 1. The van der Waals surface area contributed by atoms with Crippen LogP contribution in [0.15, 0.2) is 48.5 Å². The van der Waals surface area contributed by atoms with E-state index in [0.29, 0.717) is 47.2 Å². The van der Waals surface area contributed by atoms with Crippen LogP contribution in [0.3, 0.4) is 0 Å². The normalized spacial score (nSPS) is 15.0. The van der Waals surface area contributed by atoms with Crippen molar-refractivity contribution in [1.82, 2.24) is 4.90 Å². The minimum atomic E-state index is -0.120. The molecule has 2 aromatic rings. The number of piperidine rings is 1. The van der Waals surface area contributed by atoms with Gasteiger partial charge in [-0.25, -0.2) is 0 Å². The van der Waals surface area contributed by atoms with E-state index in [1.54, 1.807) is 41.3 Å². The Bertz CT molecular complexity index is 769. The summed E-state index contributed by atoms with van der Waals surface area (Å²) in [6.07, 6.45) is 1.27. The van der Waals surface area contributed by atoms with Crippen LogP contribution in [0.1, 0.15) is 23.2 Å². The molecule has 1 aliphatic heterocycles. The van der Waals surface area contributed by atoms with E-state index in [1.165, 1.54) is 0 Å². The fraction of sp³-hybridized carbons (Fsp3) is 0.263. The quantitative estimate of drug-likeness (QED) is 0.857. The molecular formula is C19H18Cl2N2O2. The number of carbonyl (C=O) groups excluding carboxylic acids is 2. The summed E-state index contributed by atoms with van der Waals surface area (Å²) < 4.78 is 0. The molecule has 1 saturated heterocycles. The van der Waals surface area contributed by atoms with Gasteiger partial charge in [0.15, 0.2) is 0 Å². The van der Waals surface area contributed by atoms with E-state index >= 15 is 0 Å². The van der Waals surface area contributed by atoms with Crippen LogP contribution in [-0.2, 0) is 4.79 Å². The van der Waals surface area contributed by atoms with Gasteiger partial charge in [0.2, 0.25) is 5.91 Å². The van der Waals surface area contributed by atoms with Gasteiger partial charge in [0, 0.05) is 29.6 Å². The van der Waals surface area contributed by atoms with Gasteiger partial charge in [-0.1, -0.05) is 35.3 Å². The first-order valence-corrected chi connectivity index (χ1v) is 8.90. The molecule has 25 heavy (non-hydrogen) atoms. The first kappa shape index (κ1) is 17.8. The molecule has 4 nitrogen and oxygen atoms in total. The molecule has 6 heteroatoms. The van der Waals surface area contributed by atoms with Crippen LogP contribution in [0.4, 0.5) is 5.69 Å². The molecule has 3 rings (SSSR count). The Labute approximate surface area is 156 Å². The molecule has 0 aromatic heterocycles. The van der Waals surface area contributed by atoms with E-state index in [1.807, 2.05) is 12.1 Å². The van der Waals surface area contributed by atoms with Gasteiger partial charge in [0.25, 0.3) is 5.91 Å². The molecule has 2 aromatic carbocycles. The largest absolute Gasteiger partial charge is 0.339 e. The number of halogens is 2. The summed E-state index contributed by atoms with van der Waals surface area (Å²) in [6, 6.07) is 14.0. The summed E-state index contributed by atoms with van der Waals surface area (Å²) in [6.45, 7) is 1.12. The van der Waals surface area contributed by atoms with Crippen LogP contribution in [0, 0.1) is 5.92 Å². The van der Waals surface area contributed by atoms with E-state index in [-0.39, 0.29) is 17.7 Å². The maximum Gasteiger partial charge on any atom is 0.253 e. The average molecular weight is 377 g/mol. The topological polar surface area (TPSA) is 49.4 Å². The number of nitrogens with one attached hydrogen (secondary N) is 1. The Morgan fingerprint density at radius 3 is 2.24 bits per heavy atom. The first-order valence-electron chi connectivity index (χ1n) is 8.15. The Hall–Kier alpha value is -2.04. The summed E-state index contributed by atoms with van der Waals surface area (Å²) in [7, 11) is 0. The fourth-order valence-electron chi connectivity index (χ4n) is 2.92. The van der Waals surface area contributed by atoms with Crippen LogP contribution >= 0.6 is 23.2 Å². The predicted molar refractivity (Wildman–Crippen MR) is 100 cm³/mol. The number of para-hydroxylation sites is 1. The number of likely N-dealkylation sites (tertiary alicyclic amines) is 1. The number of hydrogen-bond acceptors (Lipinski definition) is 2. The van der Waals surface area contributed by atoms with Crippen molar-refractivity contribution in [2.24, 2.45) is 5.92 Å². The van der Waals surface area contributed by atoms with Crippen molar-refractivity contribution in [3.05, 3.63) is 64.1 Å². The van der Waals surface area contributed by atoms with E-state index in [4.69, 9.17) is 23.2 Å². The van der Waals surface area contributed by atoms with Crippen LogP contribution in [0.25, 0.3) is 0 Å². The highest BCUT2D eigenvalue weighted by Crippen LogP contribution is 2.24. The van der Waals surface area contributed by atoms with Gasteiger partial charge in [0.1, 0.15) is 0 Å². The predicted octanol–water partition coefficient (Wildman–Crippen LogP) is 4.48. The van der Waals surface area contributed by atoms with Crippen molar-refractivity contribution >= 4 is 40.7 Å². The van der Waals surface area contributed by atoms with Gasteiger partial charge in [-0.3, -0.25) is 9.59 Å². The zero-order valence-electron chi connectivity index (χ0n) is 13.5. The smallest absolute Gasteiger partial charge is 0.253 e. The molecule has 130 valence electrons. The highest BCUT2D eigenvalue weighted by atomic mass is 35.5. The molecule has 1 aliphatic rings. The summed E-state index contributed by atoms with van der Waals surface area (Å²) in [5, 5.41) is 4.00. The Kier molecular flexibility index (Phi) is 5.61. The molecule has 1 heterocycles. The average Bonchev–Trinajstić information content (AvgIpc) is 2.64. The number of rotatable bonds is 3. The van der Waals surface area contributed by atoms with Gasteiger partial charge in [-0.05, 0) is 49.2 Å². The van der Waals surface area contributed by atoms with E-state index in [0.717, 1.165) is 0 Å². The zero-order chi connectivity index (χ0) is 17.8. The lowest BCUT2D eigenvalue weighted by Crippen LogP contribution is -2.41. The summed E-state index contributed by atoms with van der Waals surface area (Å²) >= 11 is 11.9. The second kappa shape index (κ2) is 7.89. The highest BCUT2D eigenvalue weighted by molar-refractivity contribution is 6.33. The molecule has 0 unspecified atom stereocenters. The van der Waals surface area contributed by atoms with Gasteiger partial charge >= 0.3 is 0 Å². The van der Waals surface area contributed by atoms with Crippen molar-refractivity contribution in [3.8, 4) is 0 Å². The number of hydrogen-bond donors (Lipinski definition) is 1. The Morgan fingerprint density at radius 2 is 1.60 bits per heavy atom. The third kappa shape index (κ3) is 4.33. The second-order valence-corrected chi connectivity index (χ2v) is 6.89. The lowest BCUT2D eigenvalue weighted by atomic mass is 9.95. The fourth-order valence-corrected chi connectivity index (χ4v) is 3.23. The maximum absolute atomic E-state index is 12.5. The van der Waals surface area contributed by atoms with Crippen molar-refractivity contribution in [3.63, 3.8) is 0 Å². The molecule has 0 saturated carbocycles. The lowest BCUT2D eigenvalue weighted by molar-refractivity contribution is -0.121. The van der Waals surface area contributed by atoms with Crippen LogP contribution in [-0.4, -0.2) is 29.8 Å². The number of benzene rings is 2. The first-order chi connectivity index (χ1) is 12.0. The summed E-state index contributed by atoms with van der Waals surface area (Å²) in [5.74, 6) is -0.195. The second-order valence-electron chi connectivity index (χ2n) is 6.04. The van der Waals surface area contributed by atoms with E-state index in [9.17, 15) is 9.59 Å². The molecule has 1 fully saturated rings. The molecule has 0 bridgehead atoms. The third-order valence-corrected chi connectivity index (χ3v) is 4.96. The maximum atomic E-state index is 12.5. The highest BCUT2D eigenvalue weighted by Gasteiger charge is 2.28. The molecule has 0 aliphatic carbocycles. The molecule has 0 atom stereocenters. The van der Waals surface area contributed by atoms with Crippen LogP contribution in [0.5, 0.6) is 0 Å². The van der Waals surface area contributed by atoms with Crippen molar-refractivity contribution < 1.29 is 9.59 Å². The Balaban J connectivity index is 1.56. The molecular weight excluding hydrogens is 359 g/mol. The number of amides is 2. The van der Waals surface area contributed by atoms with E-state index < -0.39 is 0 Å². The lowest BCUT2D eigenvalue weighted by Gasteiger charge is -2.31. The standard InChI is InChI=1S/C19H18Cl2N2O2/c20-15-7-5-14(6-8-15)19(25)23-11-9-13(10-12-23)18(24)22-17-4-2-1-3-16(17)21/h1-8,13H,9-12H2,(H,22,24). The SMILES string of the molecule is O=C(Nc1ccccc1Cl)C1CCN(C(=O)c2ccc(Cl)cc2)CC1. The molecule has 1 N–H and O–H groups in total. The molecule has 2 amide bonds. The number of carbonyl (C=O) groups is 2. The Morgan fingerprint density at radius 1 is 0.960 bits per heavy atom. The minimum Gasteiger partial charge on any atom is -0.339 e. The van der Waals surface area contributed by atoms with Crippen molar-refractivity contribution in [2.75, 3.05) is 18.4 Å².